The molecule has 5 aliphatic carbocycles. The lowest BCUT2D eigenvalue weighted by Crippen LogP contribution is -2.24. The first-order chi connectivity index (χ1) is 47.5. The highest BCUT2D eigenvalue weighted by Crippen LogP contribution is 2.33. The molecule has 0 bridgehead atoms. The van der Waals surface area contributed by atoms with E-state index in [4.69, 9.17) is 23.7 Å². The molecule has 0 aromatic heterocycles. The van der Waals surface area contributed by atoms with Gasteiger partial charge in [-0.05, 0) is 240 Å². The third kappa shape index (κ3) is 33.2. The maximum Gasteiger partial charge on any atom is 0.119 e. The zero-order valence-electron chi connectivity index (χ0n) is 60.4. The Morgan fingerprint density at radius 2 is 0.515 bits per heavy atom. The van der Waals surface area contributed by atoms with E-state index >= 15 is 0 Å². The fourth-order valence-corrected chi connectivity index (χ4v) is 14.1. The molecule has 14 heteroatoms. The van der Waals surface area contributed by atoms with Crippen molar-refractivity contribution in [3.8, 4) is 28.7 Å². The third-order valence-electron chi connectivity index (χ3n) is 20.0. The summed E-state index contributed by atoms with van der Waals surface area (Å²) >= 11 is 0. The Hall–Kier alpha value is -5.26. The van der Waals surface area contributed by atoms with Crippen LogP contribution >= 0.6 is 0 Å². The second-order valence-corrected chi connectivity index (χ2v) is 28.8. The molecule has 5 aromatic rings. The lowest BCUT2D eigenvalue weighted by Gasteiger charge is -2.25. The van der Waals surface area contributed by atoms with Crippen LogP contribution in [0.15, 0.2) is 121 Å². The molecule has 0 heterocycles. The Labute approximate surface area is 596 Å². The summed E-state index contributed by atoms with van der Waals surface area (Å²) in [5, 5.41) is 88.5. The summed E-state index contributed by atoms with van der Waals surface area (Å²) in [5.74, 6) is 6.67. The molecule has 0 radical (unpaired) electrons. The van der Waals surface area contributed by atoms with Gasteiger partial charge >= 0.3 is 0 Å². The van der Waals surface area contributed by atoms with E-state index in [9.17, 15) is 46.0 Å². The van der Waals surface area contributed by atoms with Gasteiger partial charge in [0.15, 0.2) is 0 Å². The maximum absolute atomic E-state index is 10.0. The highest BCUT2D eigenvalue weighted by molar-refractivity contribution is 5.33. The van der Waals surface area contributed by atoms with Crippen LogP contribution in [0.1, 0.15) is 293 Å². The molecule has 1 unspecified atom stereocenters. The van der Waals surface area contributed by atoms with Gasteiger partial charge in [-0.3, -0.25) is 0 Å². The van der Waals surface area contributed by atoms with Crippen molar-refractivity contribution in [2.75, 3.05) is 33.0 Å². The molecule has 10 rings (SSSR count). The van der Waals surface area contributed by atoms with Gasteiger partial charge in [-0.1, -0.05) is 173 Å². The smallest absolute Gasteiger partial charge is 0.119 e. The van der Waals surface area contributed by atoms with Crippen LogP contribution in [0.2, 0.25) is 0 Å². The van der Waals surface area contributed by atoms with Crippen LogP contribution in [0.4, 0.5) is 0 Å². The maximum atomic E-state index is 10.0. The second kappa shape index (κ2) is 48.6. The number of aliphatic hydroxyl groups is 9. The molecule has 0 amide bonds. The minimum Gasteiger partial charge on any atom is -0.493 e. The van der Waals surface area contributed by atoms with Gasteiger partial charge in [0, 0.05) is 0 Å². The quantitative estimate of drug-likeness (QED) is 0.0217. The minimum absolute atomic E-state index is 0. The van der Waals surface area contributed by atoms with Crippen molar-refractivity contribution in [2.24, 2.45) is 29.6 Å². The van der Waals surface area contributed by atoms with Gasteiger partial charge in [-0.25, -0.2) is 0 Å². The van der Waals surface area contributed by atoms with E-state index in [1.54, 1.807) is 0 Å². The zero-order valence-corrected chi connectivity index (χ0v) is 60.4. The molecule has 5 fully saturated rings. The van der Waals surface area contributed by atoms with Crippen LogP contribution in [-0.2, 0) is 0 Å². The van der Waals surface area contributed by atoms with E-state index in [0.29, 0.717) is 50.1 Å². The summed E-state index contributed by atoms with van der Waals surface area (Å²) in [6, 6.07) is 38.8. The van der Waals surface area contributed by atoms with Gasteiger partial charge in [0.2, 0.25) is 0 Å². The number of aliphatic hydroxyl groups excluding tert-OH is 9. The number of rotatable bonds is 29. The average Bonchev–Trinajstić information content (AvgIpc) is 1.25. The minimum atomic E-state index is -0.403. The predicted octanol–water partition coefficient (Wildman–Crippen LogP) is 18.5. The molecule has 13 atom stereocenters. The molecular formula is C85H132O14. The standard InChI is InChI=1S/4C17H26O3.C16H24O2.CH4/c4*1-2-5-17(19)14-7-4-9-16(11-14)20-12-13-6-3-8-15(18)10-13;1-2-16(17)14-9-6-10-15(11-14)18-12-13-7-4-3-5-8-13;/h4*4,7,9,11,13,15,17-19H,2-3,5-6,8,10,12H2,1H3;6,9-11,13,16-17H,2-5,7-8,12H2,1H3;1H4/t13-,15+,17+;13-,15+,17-;13-,15-,17+;13-,15-,17-;;/m0101../s1. The molecule has 0 aliphatic heterocycles. The molecular weight excluding hydrogens is 1240 g/mol. The molecule has 0 spiro atoms. The Morgan fingerprint density at radius 3 is 0.737 bits per heavy atom. The Kier molecular flexibility index (Phi) is 41.4. The van der Waals surface area contributed by atoms with E-state index in [0.717, 1.165) is 230 Å². The largest absolute Gasteiger partial charge is 0.493 e. The van der Waals surface area contributed by atoms with E-state index < -0.39 is 24.4 Å². The highest BCUT2D eigenvalue weighted by Gasteiger charge is 2.25. The normalized spacial score (nSPS) is 23.1. The predicted molar refractivity (Wildman–Crippen MR) is 400 cm³/mol. The Morgan fingerprint density at radius 1 is 0.293 bits per heavy atom. The molecule has 9 N–H and O–H groups in total. The fourth-order valence-electron chi connectivity index (χ4n) is 14.1. The molecule has 556 valence electrons. The van der Waals surface area contributed by atoms with Crippen LogP contribution in [0.5, 0.6) is 28.7 Å². The number of hydrogen-bond acceptors (Lipinski definition) is 14. The van der Waals surface area contributed by atoms with Gasteiger partial charge in [0.25, 0.3) is 0 Å². The van der Waals surface area contributed by atoms with E-state index in [2.05, 4.69) is 27.7 Å². The summed E-state index contributed by atoms with van der Waals surface area (Å²) in [6.07, 6.45) is 27.8. The van der Waals surface area contributed by atoms with Gasteiger partial charge in [-0.2, -0.15) is 0 Å². The lowest BCUT2D eigenvalue weighted by atomic mass is 9.88. The van der Waals surface area contributed by atoms with Crippen LogP contribution in [-0.4, -0.2) is 103 Å². The average molecular weight is 1380 g/mol. The third-order valence-corrected chi connectivity index (χ3v) is 20.0. The second-order valence-electron chi connectivity index (χ2n) is 28.8. The van der Waals surface area contributed by atoms with E-state index in [1.807, 2.05) is 128 Å². The van der Waals surface area contributed by atoms with E-state index in [-0.39, 0.29) is 37.9 Å². The van der Waals surface area contributed by atoms with Gasteiger partial charge in [0.1, 0.15) is 28.7 Å². The van der Waals surface area contributed by atoms with Crippen molar-refractivity contribution in [2.45, 2.75) is 290 Å². The Bertz CT molecular complexity index is 2550. The van der Waals surface area contributed by atoms with Crippen molar-refractivity contribution >= 4 is 0 Å². The summed E-state index contributed by atoms with van der Waals surface area (Å²) in [4.78, 5) is 0. The van der Waals surface area contributed by atoms with Gasteiger partial charge < -0.3 is 69.6 Å². The first kappa shape index (κ1) is 84.4. The number of hydrogen-bond donors (Lipinski definition) is 9. The molecule has 14 nitrogen and oxygen atoms in total. The van der Waals surface area contributed by atoms with Crippen molar-refractivity contribution in [3.63, 3.8) is 0 Å². The van der Waals surface area contributed by atoms with Crippen molar-refractivity contribution in [1.29, 1.82) is 0 Å². The molecule has 5 saturated carbocycles. The number of benzene rings is 5. The van der Waals surface area contributed by atoms with Crippen LogP contribution in [0, 0.1) is 29.6 Å². The fraction of sp³-hybridized carbons (Fsp3) is 0.647. The zero-order chi connectivity index (χ0) is 70.3. The van der Waals surface area contributed by atoms with Crippen LogP contribution < -0.4 is 23.7 Å². The van der Waals surface area contributed by atoms with Gasteiger partial charge in [0.05, 0.1) is 88.0 Å². The Balaban J connectivity index is 0.000000223. The van der Waals surface area contributed by atoms with Crippen molar-refractivity contribution in [3.05, 3.63) is 149 Å². The lowest BCUT2D eigenvalue weighted by molar-refractivity contribution is 0.0807. The summed E-state index contributed by atoms with van der Waals surface area (Å²) in [6.45, 7) is 13.7. The molecule has 99 heavy (non-hydrogen) atoms. The first-order valence-electron chi connectivity index (χ1n) is 38.3. The monoisotopic (exact) mass is 1380 g/mol. The topological polar surface area (TPSA) is 228 Å². The van der Waals surface area contributed by atoms with Crippen LogP contribution in [0.3, 0.4) is 0 Å². The summed E-state index contributed by atoms with van der Waals surface area (Å²) in [7, 11) is 0. The SMILES string of the molecule is C.CCC(O)c1cccc(OCC2CCCCC2)c1.CCC[C@@H](O)c1cccc(OC[C@@H]2CCC[C@@H](O)C2)c1.CCC[C@@H](O)c1cccc(OC[C@@H]2CCC[C@H](O)C2)c1.CCC[C@@H](O)c1cccc(OC[C@H]2CCC[C@@H](O)C2)c1.CCC[C@@H](O)c1cccc(OC[C@H]2CCC[C@H](O)C2)c1. The number of ether oxygens (including phenoxy) is 5. The summed E-state index contributed by atoms with van der Waals surface area (Å²) in [5.41, 5.74) is 4.65. The molecule has 5 aliphatic rings. The summed E-state index contributed by atoms with van der Waals surface area (Å²) < 4.78 is 29.2. The molecule has 0 saturated heterocycles. The van der Waals surface area contributed by atoms with E-state index in [1.165, 1.54) is 32.1 Å². The van der Waals surface area contributed by atoms with Crippen molar-refractivity contribution in [1.82, 2.24) is 0 Å². The van der Waals surface area contributed by atoms with Crippen molar-refractivity contribution < 1.29 is 69.6 Å². The van der Waals surface area contributed by atoms with Gasteiger partial charge in [-0.15, -0.1) is 0 Å². The highest BCUT2D eigenvalue weighted by atomic mass is 16.5. The first-order valence-corrected chi connectivity index (χ1v) is 38.3. The molecule has 5 aromatic carbocycles. The van der Waals surface area contributed by atoms with Crippen LogP contribution in [0.25, 0.3) is 0 Å².